The van der Waals surface area contributed by atoms with Gasteiger partial charge in [-0.2, -0.15) is 0 Å². The van der Waals surface area contributed by atoms with Crippen LogP contribution in [0.2, 0.25) is 0 Å². The number of rotatable bonds is 11. The van der Waals surface area contributed by atoms with Gasteiger partial charge in [0.15, 0.2) is 0 Å². The number of benzene rings is 1. The van der Waals surface area contributed by atoms with E-state index >= 15 is 0 Å². The van der Waals surface area contributed by atoms with E-state index in [4.69, 9.17) is 11.3 Å². The maximum absolute atomic E-state index is 10.3. The SMILES string of the molecule is [C-]#[N+]C1CCN(c2ccc(C(O)CCCCC)cc2)C1COCCCC. The van der Waals surface area contributed by atoms with E-state index in [-0.39, 0.29) is 18.2 Å². The number of hydrogen-bond donors (Lipinski definition) is 1. The lowest BCUT2D eigenvalue weighted by atomic mass is 10.0. The van der Waals surface area contributed by atoms with E-state index in [0.29, 0.717) is 6.61 Å². The standard InChI is InChI=1S/C22H34N2O2/c1-4-6-8-9-22(25)18-10-12-19(13-11-18)24-15-14-20(23-3)21(24)17-26-16-7-5-2/h10-13,20-22,25H,4-9,14-17H2,1-2H3. The number of aliphatic hydroxyl groups is 1. The molecular weight excluding hydrogens is 324 g/mol. The zero-order valence-corrected chi connectivity index (χ0v) is 16.4. The summed E-state index contributed by atoms with van der Waals surface area (Å²) in [5, 5.41) is 10.3. The Bertz CT molecular complexity index is 552. The summed E-state index contributed by atoms with van der Waals surface area (Å²) in [5.74, 6) is 0. The van der Waals surface area contributed by atoms with Crippen molar-refractivity contribution in [2.45, 2.75) is 77.0 Å². The number of nitrogens with zero attached hydrogens (tertiary/aromatic N) is 2. The molecule has 3 atom stereocenters. The second-order valence-electron chi connectivity index (χ2n) is 7.28. The second kappa shape index (κ2) is 11.2. The molecule has 1 heterocycles. The van der Waals surface area contributed by atoms with Crippen molar-refractivity contribution in [2.24, 2.45) is 0 Å². The molecule has 1 aliphatic rings. The van der Waals surface area contributed by atoms with E-state index in [2.05, 4.69) is 35.7 Å². The lowest BCUT2D eigenvalue weighted by Gasteiger charge is -2.26. The number of hydrogen-bond acceptors (Lipinski definition) is 3. The maximum Gasteiger partial charge on any atom is 0.247 e. The Balaban J connectivity index is 1.98. The quantitative estimate of drug-likeness (QED) is 0.447. The van der Waals surface area contributed by atoms with E-state index < -0.39 is 0 Å². The molecule has 0 aromatic heterocycles. The highest BCUT2D eigenvalue weighted by Gasteiger charge is 2.39. The molecule has 1 N–H and O–H groups in total. The molecule has 2 rings (SSSR count). The van der Waals surface area contributed by atoms with Crippen molar-refractivity contribution in [3.63, 3.8) is 0 Å². The van der Waals surface area contributed by atoms with Gasteiger partial charge in [-0.25, -0.2) is 6.57 Å². The number of anilines is 1. The third kappa shape index (κ3) is 5.72. The zero-order chi connectivity index (χ0) is 18.8. The van der Waals surface area contributed by atoms with Crippen LogP contribution in [0, 0.1) is 6.57 Å². The average Bonchev–Trinajstić information content (AvgIpc) is 3.08. The molecule has 4 heteroatoms. The fourth-order valence-corrected chi connectivity index (χ4v) is 3.60. The zero-order valence-electron chi connectivity index (χ0n) is 16.4. The largest absolute Gasteiger partial charge is 0.388 e. The fourth-order valence-electron chi connectivity index (χ4n) is 3.60. The Morgan fingerprint density at radius 1 is 1.19 bits per heavy atom. The van der Waals surface area contributed by atoms with Crippen molar-refractivity contribution < 1.29 is 9.84 Å². The topological polar surface area (TPSA) is 37.1 Å². The minimum absolute atomic E-state index is 0.0101. The van der Waals surface area contributed by atoms with Gasteiger partial charge in [0.25, 0.3) is 0 Å². The molecule has 144 valence electrons. The number of aliphatic hydroxyl groups excluding tert-OH is 1. The summed E-state index contributed by atoms with van der Waals surface area (Å²) in [4.78, 5) is 6.13. The fraction of sp³-hybridized carbons (Fsp3) is 0.682. The van der Waals surface area contributed by atoms with E-state index in [0.717, 1.165) is 56.5 Å². The Morgan fingerprint density at radius 2 is 1.92 bits per heavy atom. The first-order valence-electron chi connectivity index (χ1n) is 10.2. The molecule has 0 spiro atoms. The van der Waals surface area contributed by atoms with Crippen LogP contribution in [0.1, 0.15) is 70.5 Å². The van der Waals surface area contributed by atoms with Gasteiger partial charge in [-0.05, 0) is 30.5 Å². The van der Waals surface area contributed by atoms with Gasteiger partial charge < -0.3 is 19.6 Å². The molecule has 0 amide bonds. The normalized spacial score (nSPS) is 20.9. The molecule has 3 unspecified atom stereocenters. The Morgan fingerprint density at radius 3 is 2.58 bits per heavy atom. The molecule has 0 saturated carbocycles. The lowest BCUT2D eigenvalue weighted by Crippen LogP contribution is -2.38. The van der Waals surface area contributed by atoms with Gasteiger partial charge in [-0.15, -0.1) is 0 Å². The van der Waals surface area contributed by atoms with Crippen LogP contribution in [-0.4, -0.2) is 36.9 Å². The van der Waals surface area contributed by atoms with Crippen molar-refractivity contribution >= 4 is 5.69 Å². The number of ether oxygens (including phenoxy) is 1. The van der Waals surface area contributed by atoms with Crippen molar-refractivity contribution in [1.29, 1.82) is 0 Å². The summed E-state index contributed by atoms with van der Waals surface area (Å²) >= 11 is 0. The smallest absolute Gasteiger partial charge is 0.247 e. The minimum atomic E-state index is -0.377. The van der Waals surface area contributed by atoms with E-state index in [1.807, 2.05) is 12.1 Å². The molecule has 1 aromatic carbocycles. The van der Waals surface area contributed by atoms with Gasteiger partial charge in [0, 0.05) is 25.3 Å². The summed E-state index contributed by atoms with van der Waals surface area (Å²) in [6.45, 7) is 14.1. The molecule has 1 fully saturated rings. The predicted octanol–water partition coefficient (Wildman–Crippen LogP) is 4.98. The highest BCUT2D eigenvalue weighted by molar-refractivity contribution is 5.51. The Hall–Kier alpha value is -1.57. The van der Waals surface area contributed by atoms with Crippen molar-refractivity contribution in [1.82, 2.24) is 0 Å². The third-order valence-electron chi connectivity index (χ3n) is 5.30. The van der Waals surface area contributed by atoms with E-state index in [1.165, 1.54) is 12.8 Å². The minimum Gasteiger partial charge on any atom is -0.388 e. The van der Waals surface area contributed by atoms with Crippen molar-refractivity contribution in [3.05, 3.63) is 41.2 Å². The monoisotopic (exact) mass is 358 g/mol. The average molecular weight is 359 g/mol. The van der Waals surface area contributed by atoms with Crippen LogP contribution in [0.4, 0.5) is 5.69 Å². The molecule has 1 aliphatic heterocycles. The third-order valence-corrected chi connectivity index (χ3v) is 5.30. The summed E-state index contributed by atoms with van der Waals surface area (Å²) in [7, 11) is 0. The summed E-state index contributed by atoms with van der Waals surface area (Å²) in [5.41, 5.74) is 2.12. The first-order valence-corrected chi connectivity index (χ1v) is 10.2. The van der Waals surface area contributed by atoms with Crippen LogP contribution in [0.15, 0.2) is 24.3 Å². The molecule has 4 nitrogen and oxygen atoms in total. The van der Waals surface area contributed by atoms with Gasteiger partial charge in [0.2, 0.25) is 6.04 Å². The summed E-state index contributed by atoms with van der Waals surface area (Å²) < 4.78 is 5.83. The maximum atomic E-state index is 10.3. The lowest BCUT2D eigenvalue weighted by molar-refractivity contribution is 0.117. The van der Waals surface area contributed by atoms with Crippen LogP contribution >= 0.6 is 0 Å². The predicted molar refractivity (Wildman–Crippen MR) is 107 cm³/mol. The first-order chi connectivity index (χ1) is 12.7. The van der Waals surface area contributed by atoms with Gasteiger partial charge >= 0.3 is 0 Å². The van der Waals surface area contributed by atoms with Gasteiger partial charge in [-0.1, -0.05) is 51.7 Å². The van der Waals surface area contributed by atoms with E-state index in [9.17, 15) is 5.11 Å². The highest BCUT2D eigenvalue weighted by atomic mass is 16.5. The molecular formula is C22H34N2O2. The highest BCUT2D eigenvalue weighted by Crippen LogP contribution is 2.30. The van der Waals surface area contributed by atoms with Gasteiger partial charge in [0.05, 0.1) is 12.7 Å². The van der Waals surface area contributed by atoms with Crippen LogP contribution in [-0.2, 0) is 4.74 Å². The van der Waals surface area contributed by atoms with Gasteiger partial charge in [-0.3, -0.25) is 0 Å². The summed E-state index contributed by atoms with van der Waals surface area (Å²) in [6.07, 6.45) is 6.94. The molecule has 1 aromatic rings. The molecule has 1 saturated heterocycles. The molecule has 26 heavy (non-hydrogen) atoms. The number of unbranched alkanes of at least 4 members (excludes halogenated alkanes) is 3. The van der Waals surface area contributed by atoms with Gasteiger partial charge in [0.1, 0.15) is 6.04 Å². The van der Waals surface area contributed by atoms with Crippen LogP contribution < -0.4 is 4.90 Å². The summed E-state index contributed by atoms with van der Waals surface area (Å²) in [6, 6.07) is 8.38. The van der Waals surface area contributed by atoms with E-state index in [1.54, 1.807) is 0 Å². The van der Waals surface area contributed by atoms with Crippen LogP contribution in [0.5, 0.6) is 0 Å². The van der Waals surface area contributed by atoms with Crippen LogP contribution in [0.3, 0.4) is 0 Å². The Kier molecular flexibility index (Phi) is 8.94. The second-order valence-corrected chi connectivity index (χ2v) is 7.28. The first kappa shape index (κ1) is 20.7. The molecule has 0 bridgehead atoms. The van der Waals surface area contributed by atoms with Crippen LogP contribution in [0.25, 0.3) is 4.85 Å². The Labute approximate surface area is 159 Å². The molecule has 0 radical (unpaired) electrons. The van der Waals surface area contributed by atoms with Crippen molar-refractivity contribution in [3.8, 4) is 0 Å². The van der Waals surface area contributed by atoms with Crippen molar-refractivity contribution in [2.75, 3.05) is 24.7 Å². The molecule has 0 aliphatic carbocycles.